The number of nitrogens with one attached hydrogen (secondary N) is 1. The fourth-order valence-corrected chi connectivity index (χ4v) is 2.09. The molecule has 0 atom stereocenters. The van der Waals surface area contributed by atoms with E-state index in [-0.39, 0.29) is 6.61 Å². The quantitative estimate of drug-likeness (QED) is 0.549. The van der Waals surface area contributed by atoms with Crippen LogP contribution in [-0.4, -0.2) is 37.5 Å². The van der Waals surface area contributed by atoms with E-state index in [4.69, 9.17) is 20.3 Å². The predicted molar refractivity (Wildman–Crippen MR) is 79.5 cm³/mol. The maximum absolute atomic E-state index is 8.84. The van der Waals surface area contributed by atoms with Crippen LogP contribution in [0.15, 0.2) is 18.3 Å². The molecule has 0 unspecified atom stereocenters. The van der Waals surface area contributed by atoms with Crippen LogP contribution < -0.4 is 20.5 Å². The van der Waals surface area contributed by atoms with Gasteiger partial charge in [-0.05, 0) is 18.6 Å². The third-order valence-electron chi connectivity index (χ3n) is 3.08. The number of hydrogen-bond donors (Lipinski definition) is 3. The van der Waals surface area contributed by atoms with Gasteiger partial charge in [0.15, 0.2) is 11.5 Å². The maximum Gasteiger partial charge on any atom is 0.184 e. The van der Waals surface area contributed by atoms with Gasteiger partial charge in [0.2, 0.25) is 0 Å². The van der Waals surface area contributed by atoms with Gasteiger partial charge in [0.1, 0.15) is 5.82 Å². The number of fused-ring (bicyclic) bond motifs is 1. The minimum absolute atomic E-state index is 0.136. The van der Waals surface area contributed by atoms with Crippen molar-refractivity contribution in [3.05, 3.63) is 18.3 Å². The van der Waals surface area contributed by atoms with Crippen molar-refractivity contribution in [1.29, 1.82) is 0 Å². The molecular formula is C14H19N3O3. The molecule has 0 aliphatic heterocycles. The number of nitrogens with zero attached hydrogens (tertiary/aromatic N) is 1. The minimum atomic E-state index is 0.136. The van der Waals surface area contributed by atoms with Gasteiger partial charge in [-0.2, -0.15) is 0 Å². The van der Waals surface area contributed by atoms with Gasteiger partial charge >= 0.3 is 0 Å². The number of nitrogen functional groups attached to an aromatic ring is 1. The summed E-state index contributed by atoms with van der Waals surface area (Å²) in [5.41, 5.74) is 6.65. The first-order valence-corrected chi connectivity index (χ1v) is 6.36. The number of anilines is 2. The number of aliphatic hydroxyl groups excluding tert-OH is 1. The molecule has 2 rings (SSSR count). The van der Waals surface area contributed by atoms with Crippen LogP contribution in [0, 0.1) is 0 Å². The van der Waals surface area contributed by atoms with Crippen LogP contribution in [0.4, 0.5) is 11.5 Å². The Balaban J connectivity index is 2.53. The molecule has 1 aromatic heterocycles. The van der Waals surface area contributed by atoms with Crippen molar-refractivity contribution in [1.82, 2.24) is 4.98 Å². The highest BCUT2D eigenvalue weighted by Gasteiger charge is 2.14. The molecule has 20 heavy (non-hydrogen) atoms. The smallest absolute Gasteiger partial charge is 0.184 e. The molecule has 4 N–H and O–H groups in total. The Morgan fingerprint density at radius 1 is 1.30 bits per heavy atom. The summed E-state index contributed by atoms with van der Waals surface area (Å²) in [5, 5.41) is 13.7. The van der Waals surface area contributed by atoms with E-state index in [1.54, 1.807) is 20.4 Å². The van der Waals surface area contributed by atoms with E-state index >= 15 is 0 Å². The summed E-state index contributed by atoms with van der Waals surface area (Å²) < 4.78 is 10.6. The topological polar surface area (TPSA) is 89.6 Å². The molecule has 0 saturated heterocycles. The van der Waals surface area contributed by atoms with Crippen LogP contribution >= 0.6 is 0 Å². The lowest BCUT2D eigenvalue weighted by Gasteiger charge is -2.15. The highest BCUT2D eigenvalue weighted by atomic mass is 16.5. The first kappa shape index (κ1) is 14.2. The number of aliphatic hydroxyl groups is 1. The average molecular weight is 277 g/mol. The number of rotatable bonds is 6. The van der Waals surface area contributed by atoms with Crippen molar-refractivity contribution in [3.63, 3.8) is 0 Å². The third kappa shape index (κ3) is 2.55. The van der Waals surface area contributed by atoms with E-state index in [1.165, 1.54) is 0 Å². The second kappa shape index (κ2) is 6.29. The highest BCUT2D eigenvalue weighted by molar-refractivity contribution is 6.03. The predicted octanol–water partition coefficient (Wildman–Crippen LogP) is 1.63. The lowest BCUT2D eigenvalue weighted by molar-refractivity contribution is 0.292. The van der Waals surface area contributed by atoms with Crippen LogP contribution in [0.1, 0.15) is 6.42 Å². The fraction of sp³-hybridized carbons (Fsp3) is 0.357. The Hall–Kier alpha value is -2.21. The van der Waals surface area contributed by atoms with Gasteiger partial charge in [0.25, 0.3) is 0 Å². The monoisotopic (exact) mass is 277 g/mol. The Labute approximate surface area is 117 Å². The highest BCUT2D eigenvalue weighted by Crippen LogP contribution is 2.41. The van der Waals surface area contributed by atoms with Gasteiger partial charge in [0, 0.05) is 30.1 Å². The maximum atomic E-state index is 8.84. The summed E-state index contributed by atoms with van der Waals surface area (Å²) in [7, 11) is 3.13. The molecule has 0 fully saturated rings. The molecule has 0 radical (unpaired) electrons. The number of ether oxygens (including phenoxy) is 2. The van der Waals surface area contributed by atoms with Gasteiger partial charge in [0.05, 0.1) is 19.9 Å². The van der Waals surface area contributed by atoms with Crippen LogP contribution in [0.5, 0.6) is 11.5 Å². The number of pyridine rings is 1. The summed E-state index contributed by atoms with van der Waals surface area (Å²) >= 11 is 0. The largest absolute Gasteiger partial charge is 0.493 e. The normalized spacial score (nSPS) is 10.6. The fourth-order valence-electron chi connectivity index (χ4n) is 2.09. The van der Waals surface area contributed by atoms with Crippen LogP contribution in [0.3, 0.4) is 0 Å². The molecule has 0 saturated carbocycles. The van der Waals surface area contributed by atoms with Crippen molar-refractivity contribution < 1.29 is 14.6 Å². The molecule has 1 aromatic carbocycles. The van der Waals surface area contributed by atoms with Crippen molar-refractivity contribution in [3.8, 4) is 11.5 Å². The van der Waals surface area contributed by atoms with Crippen molar-refractivity contribution in [2.45, 2.75) is 6.42 Å². The Morgan fingerprint density at radius 2 is 2.10 bits per heavy atom. The average Bonchev–Trinajstić information content (AvgIpc) is 2.47. The lowest BCUT2D eigenvalue weighted by Crippen LogP contribution is -2.06. The molecular weight excluding hydrogens is 258 g/mol. The minimum Gasteiger partial charge on any atom is -0.493 e. The lowest BCUT2D eigenvalue weighted by atomic mass is 10.1. The second-order valence-electron chi connectivity index (χ2n) is 4.28. The molecule has 1 heterocycles. The summed E-state index contributed by atoms with van der Waals surface area (Å²) in [5.74, 6) is 1.80. The van der Waals surface area contributed by atoms with Crippen molar-refractivity contribution in [2.24, 2.45) is 0 Å². The summed E-state index contributed by atoms with van der Waals surface area (Å²) in [6.45, 7) is 0.772. The SMILES string of the molecule is COc1cc2c(NCCCO)nccc2c(N)c1OC. The van der Waals surface area contributed by atoms with E-state index in [0.29, 0.717) is 36.0 Å². The molecule has 6 heteroatoms. The number of hydrogen-bond acceptors (Lipinski definition) is 6. The van der Waals surface area contributed by atoms with E-state index in [2.05, 4.69) is 10.3 Å². The van der Waals surface area contributed by atoms with Crippen molar-refractivity contribution >= 4 is 22.3 Å². The Morgan fingerprint density at radius 3 is 2.75 bits per heavy atom. The molecule has 0 bridgehead atoms. The first-order valence-electron chi connectivity index (χ1n) is 6.36. The summed E-state index contributed by atoms with van der Waals surface area (Å²) in [6.07, 6.45) is 2.34. The third-order valence-corrected chi connectivity index (χ3v) is 3.08. The Bertz CT molecular complexity index is 602. The molecule has 108 valence electrons. The van der Waals surface area contributed by atoms with Gasteiger partial charge in [-0.1, -0.05) is 0 Å². The molecule has 0 spiro atoms. The van der Waals surface area contributed by atoms with E-state index < -0.39 is 0 Å². The number of nitrogens with two attached hydrogens (primary N) is 1. The van der Waals surface area contributed by atoms with Gasteiger partial charge < -0.3 is 25.6 Å². The summed E-state index contributed by atoms with van der Waals surface area (Å²) in [6, 6.07) is 3.68. The van der Waals surface area contributed by atoms with Crippen LogP contribution in [-0.2, 0) is 0 Å². The number of aromatic nitrogens is 1. The zero-order chi connectivity index (χ0) is 14.5. The Kier molecular flexibility index (Phi) is 4.47. The van der Waals surface area contributed by atoms with E-state index in [1.807, 2.05) is 12.1 Å². The molecule has 0 aliphatic rings. The zero-order valence-corrected chi connectivity index (χ0v) is 11.6. The van der Waals surface area contributed by atoms with Crippen molar-refractivity contribution in [2.75, 3.05) is 38.4 Å². The van der Waals surface area contributed by atoms with Crippen LogP contribution in [0.25, 0.3) is 10.8 Å². The van der Waals surface area contributed by atoms with Gasteiger partial charge in [-0.15, -0.1) is 0 Å². The van der Waals surface area contributed by atoms with E-state index in [0.717, 1.165) is 10.8 Å². The second-order valence-corrected chi connectivity index (χ2v) is 4.28. The molecule has 0 amide bonds. The van der Waals surface area contributed by atoms with Crippen LogP contribution in [0.2, 0.25) is 0 Å². The summed E-state index contributed by atoms with van der Waals surface area (Å²) in [4.78, 5) is 4.31. The number of benzene rings is 1. The number of methoxy groups -OCH3 is 2. The molecule has 6 nitrogen and oxygen atoms in total. The van der Waals surface area contributed by atoms with E-state index in [9.17, 15) is 0 Å². The van der Waals surface area contributed by atoms with Gasteiger partial charge in [-0.3, -0.25) is 0 Å². The standard InChI is InChI=1S/C14H19N3O3/c1-19-11-8-10-9(12(15)13(11)20-2)4-6-17-14(10)16-5-3-7-18/h4,6,8,18H,3,5,7,15H2,1-2H3,(H,16,17). The molecule has 2 aromatic rings. The zero-order valence-electron chi connectivity index (χ0n) is 11.6. The first-order chi connectivity index (χ1) is 9.72. The van der Waals surface area contributed by atoms with Gasteiger partial charge in [-0.25, -0.2) is 4.98 Å². The molecule has 0 aliphatic carbocycles.